The molecule has 3 heteroatoms. The molecule has 21 heavy (non-hydrogen) atoms. The zero-order chi connectivity index (χ0) is 14.7. The van der Waals surface area contributed by atoms with Gasteiger partial charge in [0.25, 0.3) is 0 Å². The van der Waals surface area contributed by atoms with Gasteiger partial charge in [0, 0.05) is 24.9 Å². The number of aliphatic hydroxyl groups is 1. The number of likely N-dealkylation sites (tertiary alicyclic amines) is 1. The summed E-state index contributed by atoms with van der Waals surface area (Å²) in [6.45, 7) is 4.76. The maximum absolute atomic E-state index is 9.10. The molecule has 0 spiro atoms. The summed E-state index contributed by atoms with van der Waals surface area (Å²) in [5, 5.41) is 9.10. The summed E-state index contributed by atoms with van der Waals surface area (Å²) in [4.78, 5) is 7.26. The zero-order valence-corrected chi connectivity index (χ0v) is 13.2. The molecule has 0 radical (unpaired) electrons. The Hall–Kier alpha value is -0.930. The summed E-state index contributed by atoms with van der Waals surface area (Å²) < 4.78 is 0. The molecule has 1 saturated carbocycles. The van der Waals surface area contributed by atoms with Crippen molar-refractivity contribution >= 4 is 0 Å². The second-order valence-electron chi connectivity index (χ2n) is 7.06. The fourth-order valence-electron chi connectivity index (χ4n) is 3.80. The minimum atomic E-state index is 0.247. The topological polar surface area (TPSA) is 36.4 Å². The molecule has 1 aliphatic heterocycles. The first-order valence-electron chi connectivity index (χ1n) is 8.52. The zero-order valence-electron chi connectivity index (χ0n) is 13.2. The Labute approximate surface area is 128 Å². The summed E-state index contributed by atoms with van der Waals surface area (Å²) in [5.41, 5.74) is 2.86. The molecular formula is C18H28N2O. The van der Waals surface area contributed by atoms with E-state index in [2.05, 4.69) is 30.2 Å². The molecule has 2 fully saturated rings. The van der Waals surface area contributed by atoms with Crippen LogP contribution in [0.5, 0.6) is 0 Å². The Balaban J connectivity index is 1.62. The second kappa shape index (κ2) is 6.45. The first-order chi connectivity index (χ1) is 10.2. The van der Waals surface area contributed by atoms with Crippen LogP contribution in [0.2, 0.25) is 0 Å². The molecule has 0 aromatic carbocycles. The van der Waals surface area contributed by atoms with Crippen LogP contribution in [-0.4, -0.2) is 33.7 Å². The molecule has 1 atom stereocenters. The number of nitrogens with zero attached hydrogens (tertiary/aromatic N) is 2. The Kier molecular flexibility index (Phi) is 4.60. The lowest BCUT2D eigenvalue weighted by atomic mass is 9.81. The van der Waals surface area contributed by atoms with Gasteiger partial charge in [0.2, 0.25) is 0 Å². The van der Waals surface area contributed by atoms with Crippen LogP contribution in [0.4, 0.5) is 0 Å². The van der Waals surface area contributed by atoms with Crippen molar-refractivity contribution in [3.8, 4) is 0 Å². The molecule has 3 rings (SSSR count). The first-order valence-corrected chi connectivity index (χ1v) is 8.52. The minimum Gasteiger partial charge on any atom is -0.396 e. The van der Waals surface area contributed by atoms with E-state index in [1.807, 2.05) is 0 Å². The van der Waals surface area contributed by atoms with Gasteiger partial charge in [-0.1, -0.05) is 12.5 Å². The van der Waals surface area contributed by atoms with E-state index >= 15 is 0 Å². The second-order valence-corrected chi connectivity index (χ2v) is 7.06. The lowest BCUT2D eigenvalue weighted by Crippen LogP contribution is -2.40. The molecule has 3 nitrogen and oxygen atoms in total. The molecule has 0 bridgehead atoms. The van der Waals surface area contributed by atoms with Crippen molar-refractivity contribution in [1.29, 1.82) is 0 Å². The number of hydrogen-bond acceptors (Lipinski definition) is 3. The highest BCUT2D eigenvalue weighted by Gasteiger charge is 2.35. The van der Waals surface area contributed by atoms with Gasteiger partial charge in [-0.05, 0) is 69.5 Å². The van der Waals surface area contributed by atoms with Gasteiger partial charge < -0.3 is 5.11 Å². The standard InChI is InChI=1S/C18H28N2O/c1-18(10-4-12-21)9-3-11-20(18)14-17-8-7-16(13-19-17)15-5-2-6-15/h7-8,13,15,21H,2-6,9-12,14H2,1H3. The first kappa shape index (κ1) is 15.0. The third-order valence-electron chi connectivity index (χ3n) is 5.56. The molecule has 1 unspecified atom stereocenters. The molecule has 1 saturated heterocycles. The highest BCUT2D eigenvalue weighted by atomic mass is 16.2. The smallest absolute Gasteiger partial charge is 0.0544 e. The summed E-state index contributed by atoms with van der Waals surface area (Å²) in [7, 11) is 0. The SMILES string of the molecule is CC1(CCCO)CCCN1Cc1ccc(C2CCC2)cn1. The normalized spacial score (nSPS) is 27.0. The summed E-state index contributed by atoms with van der Waals surface area (Å²) in [6.07, 6.45) is 10.7. The van der Waals surface area contributed by atoms with E-state index in [4.69, 9.17) is 10.1 Å². The van der Waals surface area contributed by atoms with Gasteiger partial charge in [0.15, 0.2) is 0 Å². The number of hydrogen-bond donors (Lipinski definition) is 1. The van der Waals surface area contributed by atoms with Crippen LogP contribution in [-0.2, 0) is 6.54 Å². The monoisotopic (exact) mass is 288 g/mol. The van der Waals surface area contributed by atoms with Crippen LogP contribution in [0.15, 0.2) is 18.3 Å². The number of pyridine rings is 1. The van der Waals surface area contributed by atoms with E-state index in [-0.39, 0.29) is 5.54 Å². The van der Waals surface area contributed by atoms with Gasteiger partial charge in [-0.2, -0.15) is 0 Å². The predicted octanol–water partition coefficient (Wildman–Crippen LogP) is 3.48. The van der Waals surface area contributed by atoms with Gasteiger partial charge in [-0.3, -0.25) is 9.88 Å². The molecule has 2 aliphatic rings. The van der Waals surface area contributed by atoms with Crippen molar-refractivity contribution in [3.63, 3.8) is 0 Å². The lowest BCUT2D eigenvalue weighted by molar-refractivity contribution is 0.123. The van der Waals surface area contributed by atoms with Crippen LogP contribution in [0.25, 0.3) is 0 Å². The molecule has 1 aliphatic carbocycles. The van der Waals surface area contributed by atoms with E-state index in [0.717, 1.165) is 31.8 Å². The third-order valence-corrected chi connectivity index (χ3v) is 5.56. The van der Waals surface area contributed by atoms with Gasteiger partial charge in [-0.15, -0.1) is 0 Å². The summed E-state index contributed by atoms with van der Waals surface area (Å²) in [6, 6.07) is 4.51. The largest absolute Gasteiger partial charge is 0.396 e. The average molecular weight is 288 g/mol. The minimum absolute atomic E-state index is 0.247. The van der Waals surface area contributed by atoms with Gasteiger partial charge in [0.05, 0.1) is 5.69 Å². The average Bonchev–Trinajstić information content (AvgIpc) is 2.79. The van der Waals surface area contributed by atoms with E-state index in [1.165, 1.54) is 43.4 Å². The molecule has 2 heterocycles. The number of rotatable bonds is 6. The van der Waals surface area contributed by atoms with Crippen LogP contribution < -0.4 is 0 Å². The molecule has 116 valence electrons. The highest BCUT2D eigenvalue weighted by Crippen LogP contribution is 2.36. The number of aromatic nitrogens is 1. The maximum Gasteiger partial charge on any atom is 0.0544 e. The van der Waals surface area contributed by atoms with E-state index in [1.54, 1.807) is 0 Å². The Morgan fingerprint density at radius 1 is 1.33 bits per heavy atom. The van der Waals surface area contributed by atoms with Crippen LogP contribution >= 0.6 is 0 Å². The summed E-state index contributed by atoms with van der Waals surface area (Å²) >= 11 is 0. The van der Waals surface area contributed by atoms with Crippen LogP contribution in [0.1, 0.15) is 69.0 Å². The van der Waals surface area contributed by atoms with Crippen molar-refractivity contribution in [2.45, 2.75) is 69.9 Å². The van der Waals surface area contributed by atoms with E-state index < -0.39 is 0 Å². The third kappa shape index (κ3) is 3.29. The van der Waals surface area contributed by atoms with Crippen molar-refractivity contribution in [1.82, 2.24) is 9.88 Å². The maximum atomic E-state index is 9.10. The van der Waals surface area contributed by atoms with Crippen LogP contribution in [0, 0.1) is 0 Å². The molecular weight excluding hydrogens is 260 g/mol. The van der Waals surface area contributed by atoms with Crippen molar-refractivity contribution < 1.29 is 5.11 Å². The predicted molar refractivity (Wildman–Crippen MR) is 85.2 cm³/mol. The van der Waals surface area contributed by atoms with Crippen molar-refractivity contribution in [2.75, 3.05) is 13.2 Å². The van der Waals surface area contributed by atoms with Crippen LogP contribution in [0.3, 0.4) is 0 Å². The lowest BCUT2D eigenvalue weighted by Gasteiger charge is -2.35. The fourth-order valence-corrected chi connectivity index (χ4v) is 3.80. The van der Waals surface area contributed by atoms with Gasteiger partial charge in [-0.25, -0.2) is 0 Å². The van der Waals surface area contributed by atoms with Gasteiger partial charge in [0.1, 0.15) is 0 Å². The molecule has 0 amide bonds. The summed E-state index contributed by atoms with van der Waals surface area (Å²) in [5.74, 6) is 0.771. The number of aliphatic hydroxyl groups excluding tert-OH is 1. The van der Waals surface area contributed by atoms with E-state index in [9.17, 15) is 0 Å². The molecule has 1 N–H and O–H groups in total. The Morgan fingerprint density at radius 3 is 2.81 bits per heavy atom. The van der Waals surface area contributed by atoms with Crippen molar-refractivity contribution in [3.05, 3.63) is 29.6 Å². The Morgan fingerprint density at radius 2 is 2.19 bits per heavy atom. The fraction of sp³-hybridized carbons (Fsp3) is 0.722. The van der Waals surface area contributed by atoms with E-state index in [0.29, 0.717) is 6.61 Å². The Bertz CT molecular complexity index is 455. The highest BCUT2D eigenvalue weighted by molar-refractivity contribution is 5.20. The molecule has 1 aromatic rings. The van der Waals surface area contributed by atoms with Crippen molar-refractivity contribution in [2.24, 2.45) is 0 Å². The molecule has 1 aromatic heterocycles. The van der Waals surface area contributed by atoms with Gasteiger partial charge >= 0.3 is 0 Å². The quantitative estimate of drug-likeness (QED) is 0.870.